The number of nitrogens with one attached hydrogen (secondary N) is 1. The maximum atomic E-state index is 6.04. The van der Waals surface area contributed by atoms with Crippen LogP contribution in [0.25, 0.3) is 0 Å². The average molecular weight is 279 g/mol. The van der Waals surface area contributed by atoms with Gasteiger partial charge in [0.05, 0.1) is 20.3 Å². The van der Waals surface area contributed by atoms with Crippen molar-refractivity contribution in [1.29, 1.82) is 0 Å². The zero-order valence-electron chi connectivity index (χ0n) is 12.6. The van der Waals surface area contributed by atoms with Crippen LogP contribution in [0.5, 0.6) is 11.5 Å². The fourth-order valence-electron chi connectivity index (χ4n) is 2.22. The summed E-state index contributed by atoms with van der Waals surface area (Å²) in [5.74, 6) is 2.42. The molecule has 20 heavy (non-hydrogen) atoms. The minimum atomic E-state index is 0.173. The molecule has 1 aromatic carbocycles. The highest BCUT2D eigenvalue weighted by Gasteiger charge is 2.18. The predicted octanol–water partition coefficient (Wildman–Crippen LogP) is 2.61. The van der Waals surface area contributed by atoms with Crippen LogP contribution in [0.3, 0.4) is 0 Å². The van der Waals surface area contributed by atoms with E-state index in [1.165, 1.54) is 0 Å². The maximum Gasteiger partial charge on any atom is 0.124 e. The Balaban J connectivity index is 2.03. The zero-order valence-corrected chi connectivity index (χ0v) is 12.6. The first-order chi connectivity index (χ1) is 9.69. The fourth-order valence-corrected chi connectivity index (χ4v) is 2.22. The van der Waals surface area contributed by atoms with Crippen LogP contribution in [0.4, 0.5) is 0 Å². The smallest absolute Gasteiger partial charge is 0.124 e. The van der Waals surface area contributed by atoms with Crippen LogP contribution in [0.15, 0.2) is 18.2 Å². The molecule has 0 aliphatic carbocycles. The first-order valence-corrected chi connectivity index (χ1v) is 7.31. The maximum absolute atomic E-state index is 6.04. The molecule has 0 aromatic heterocycles. The van der Waals surface area contributed by atoms with E-state index in [-0.39, 0.29) is 6.10 Å². The number of hydrogen-bond acceptors (Lipinski definition) is 4. The molecule has 1 fully saturated rings. The summed E-state index contributed by atoms with van der Waals surface area (Å²) in [7, 11) is 1.69. The quantitative estimate of drug-likeness (QED) is 0.833. The molecule has 112 valence electrons. The number of benzene rings is 1. The highest BCUT2D eigenvalue weighted by molar-refractivity contribution is 5.40. The summed E-state index contributed by atoms with van der Waals surface area (Å²) >= 11 is 0. The van der Waals surface area contributed by atoms with E-state index in [0.717, 1.165) is 43.2 Å². The fraction of sp³-hybridized carbons (Fsp3) is 0.625. The van der Waals surface area contributed by atoms with E-state index < -0.39 is 0 Å². The van der Waals surface area contributed by atoms with E-state index in [4.69, 9.17) is 14.2 Å². The summed E-state index contributed by atoms with van der Waals surface area (Å²) in [5.41, 5.74) is 1.14. The van der Waals surface area contributed by atoms with Gasteiger partial charge in [-0.2, -0.15) is 0 Å². The largest absolute Gasteiger partial charge is 0.497 e. The SMILES string of the molecule is COc1ccc(OC2CCOC2)c(CNCC(C)C)c1. The molecule has 0 spiro atoms. The lowest BCUT2D eigenvalue weighted by Gasteiger charge is -2.17. The molecule has 1 N–H and O–H groups in total. The summed E-state index contributed by atoms with van der Waals surface area (Å²) in [6, 6.07) is 5.97. The third-order valence-corrected chi connectivity index (χ3v) is 3.32. The molecule has 1 aliphatic rings. The van der Waals surface area contributed by atoms with Gasteiger partial charge >= 0.3 is 0 Å². The van der Waals surface area contributed by atoms with E-state index in [0.29, 0.717) is 12.5 Å². The molecule has 1 aromatic rings. The van der Waals surface area contributed by atoms with Gasteiger partial charge in [0.25, 0.3) is 0 Å². The van der Waals surface area contributed by atoms with Crippen molar-refractivity contribution in [1.82, 2.24) is 5.32 Å². The molecule has 1 heterocycles. The second-order valence-electron chi connectivity index (χ2n) is 5.60. The summed E-state index contributed by atoms with van der Waals surface area (Å²) in [6.07, 6.45) is 1.14. The molecule has 1 saturated heterocycles. The highest BCUT2D eigenvalue weighted by Crippen LogP contribution is 2.26. The molecule has 4 nitrogen and oxygen atoms in total. The molecule has 0 bridgehead atoms. The lowest BCUT2D eigenvalue weighted by Crippen LogP contribution is -2.21. The Labute approximate surface area is 121 Å². The van der Waals surface area contributed by atoms with Gasteiger partial charge in [0, 0.05) is 18.5 Å². The number of hydrogen-bond donors (Lipinski definition) is 1. The number of methoxy groups -OCH3 is 1. The molecule has 4 heteroatoms. The van der Waals surface area contributed by atoms with Gasteiger partial charge in [-0.15, -0.1) is 0 Å². The van der Waals surface area contributed by atoms with Crippen molar-refractivity contribution in [2.24, 2.45) is 5.92 Å². The van der Waals surface area contributed by atoms with Crippen LogP contribution < -0.4 is 14.8 Å². The van der Waals surface area contributed by atoms with Crippen molar-refractivity contribution in [3.63, 3.8) is 0 Å². The summed E-state index contributed by atoms with van der Waals surface area (Å²) in [4.78, 5) is 0. The lowest BCUT2D eigenvalue weighted by atomic mass is 10.1. The second kappa shape index (κ2) is 7.50. The Morgan fingerprint density at radius 3 is 2.90 bits per heavy atom. The molecule has 0 amide bonds. The Morgan fingerprint density at radius 1 is 1.40 bits per heavy atom. The summed E-state index contributed by atoms with van der Waals surface area (Å²) in [6.45, 7) is 7.66. The van der Waals surface area contributed by atoms with Gasteiger partial charge in [0.1, 0.15) is 17.6 Å². The van der Waals surface area contributed by atoms with Crippen molar-refractivity contribution < 1.29 is 14.2 Å². The highest BCUT2D eigenvalue weighted by atomic mass is 16.5. The molecule has 0 radical (unpaired) electrons. The number of rotatable bonds is 7. The van der Waals surface area contributed by atoms with E-state index in [2.05, 4.69) is 19.2 Å². The van der Waals surface area contributed by atoms with Crippen molar-refractivity contribution in [3.05, 3.63) is 23.8 Å². The van der Waals surface area contributed by atoms with Gasteiger partial charge in [0.2, 0.25) is 0 Å². The Morgan fingerprint density at radius 2 is 2.25 bits per heavy atom. The molecule has 1 atom stereocenters. The van der Waals surface area contributed by atoms with Crippen LogP contribution in [0.2, 0.25) is 0 Å². The van der Waals surface area contributed by atoms with Crippen LogP contribution in [-0.2, 0) is 11.3 Å². The molecular weight excluding hydrogens is 254 g/mol. The predicted molar refractivity (Wildman–Crippen MR) is 79.4 cm³/mol. The summed E-state index contributed by atoms with van der Waals surface area (Å²) < 4.78 is 16.7. The minimum Gasteiger partial charge on any atom is -0.497 e. The standard InChI is InChI=1S/C16H25NO3/c1-12(2)9-17-10-13-8-14(18-3)4-5-16(13)20-15-6-7-19-11-15/h4-5,8,12,15,17H,6-7,9-11H2,1-3H3. The third-order valence-electron chi connectivity index (χ3n) is 3.32. The van der Waals surface area contributed by atoms with Gasteiger partial charge in [-0.1, -0.05) is 13.8 Å². The zero-order chi connectivity index (χ0) is 14.4. The van der Waals surface area contributed by atoms with Crippen LogP contribution in [-0.4, -0.2) is 33.0 Å². The van der Waals surface area contributed by atoms with Crippen LogP contribution in [0.1, 0.15) is 25.8 Å². The first-order valence-electron chi connectivity index (χ1n) is 7.31. The van der Waals surface area contributed by atoms with Gasteiger partial charge in [-0.25, -0.2) is 0 Å². The van der Waals surface area contributed by atoms with E-state index in [1.54, 1.807) is 7.11 Å². The Bertz CT molecular complexity index is 414. The second-order valence-corrected chi connectivity index (χ2v) is 5.60. The van der Waals surface area contributed by atoms with Crippen LogP contribution in [0, 0.1) is 5.92 Å². The molecule has 0 saturated carbocycles. The Hall–Kier alpha value is -1.26. The van der Waals surface area contributed by atoms with Crippen molar-refractivity contribution in [2.45, 2.75) is 32.9 Å². The van der Waals surface area contributed by atoms with Gasteiger partial charge in [-0.3, -0.25) is 0 Å². The number of ether oxygens (including phenoxy) is 3. The Kier molecular flexibility index (Phi) is 5.68. The summed E-state index contributed by atoms with van der Waals surface area (Å²) in [5, 5.41) is 3.45. The molecule has 2 rings (SSSR count). The third kappa shape index (κ3) is 4.39. The normalized spacial score (nSPS) is 18.5. The molecule has 1 unspecified atom stereocenters. The van der Waals surface area contributed by atoms with E-state index >= 15 is 0 Å². The van der Waals surface area contributed by atoms with Gasteiger partial charge in [0.15, 0.2) is 0 Å². The molecule has 1 aliphatic heterocycles. The van der Waals surface area contributed by atoms with Crippen molar-refractivity contribution in [3.8, 4) is 11.5 Å². The van der Waals surface area contributed by atoms with Crippen molar-refractivity contribution >= 4 is 0 Å². The van der Waals surface area contributed by atoms with Crippen LogP contribution >= 0.6 is 0 Å². The topological polar surface area (TPSA) is 39.7 Å². The van der Waals surface area contributed by atoms with Gasteiger partial charge < -0.3 is 19.5 Å². The monoisotopic (exact) mass is 279 g/mol. The minimum absolute atomic E-state index is 0.173. The van der Waals surface area contributed by atoms with E-state index in [9.17, 15) is 0 Å². The van der Waals surface area contributed by atoms with Gasteiger partial charge in [-0.05, 0) is 30.7 Å². The molecular formula is C16H25NO3. The first kappa shape index (κ1) is 15.1. The van der Waals surface area contributed by atoms with E-state index in [1.807, 2.05) is 18.2 Å². The lowest BCUT2D eigenvalue weighted by molar-refractivity contribution is 0.140. The average Bonchev–Trinajstić information content (AvgIpc) is 2.93. The van der Waals surface area contributed by atoms with Crippen molar-refractivity contribution in [2.75, 3.05) is 26.9 Å².